The molecule has 3 rings (SSSR count). The fourth-order valence-corrected chi connectivity index (χ4v) is 3.16. The summed E-state index contributed by atoms with van der Waals surface area (Å²) in [7, 11) is 0. The van der Waals surface area contributed by atoms with Crippen LogP contribution in [-0.4, -0.2) is 54.3 Å². The molecule has 1 aromatic carbocycles. The molecule has 0 saturated carbocycles. The van der Waals surface area contributed by atoms with Crippen LogP contribution in [-0.2, 0) is 4.74 Å². The van der Waals surface area contributed by atoms with Gasteiger partial charge in [-0.25, -0.2) is 4.98 Å². The van der Waals surface area contributed by atoms with Gasteiger partial charge in [-0.05, 0) is 25.1 Å². The van der Waals surface area contributed by atoms with E-state index in [-0.39, 0.29) is 0 Å². The lowest BCUT2D eigenvalue weighted by Gasteiger charge is -2.26. The Kier molecular flexibility index (Phi) is 6.31. The van der Waals surface area contributed by atoms with Gasteiger partial charge in [0.2, 0.25) is 5.95 Å². The molecule has 25 heavy (non-hydrogen) atoms. The largest absolute Gasteiger partial charge is 0.379 e. The van der Waals surface area contributed by atoms with Gasteiger partial charge in [-0.15, -0.1) is 0 Å². The van der Waals surface area contributed by atoms with Crippen LogP contribution >= 0.6 is 23.2 Å². The molecule has 1 aromatic heterocycles. The third-order valence-corrected chi connectivity index (χ3v) is 4.25. The maximum atomic E-state index is 6.03. The molecule has 0 radical (unpaired) electrons. The summed E-state index contributed by atoms with van der Waals surface area (Å²) in [5, 5.41) is 7.63. The van der Waals surface area contributed by atoms with Crippen molar-refractivity contribution in [3.05, 3.63) is 40.0 Å². The van der Waals surface area contributed by atoms with Gasteiger partial charge in [0.05, 0.1) is 13.2 Å². The smallest absolute Gasteiger partial charge is 0.229 e. The van der Waals surface area contributed by atoms with E-state index in [1.165, 1.54) is 0 Å². The lowest BCUT2D eigenvalue weighted by Crippen LogP contribution is -2.39. The van der Waals surface area contributed by atoms with Gasteiger partial charge >= 0.3 is 0 Å². The van der Waals surface area contributed by atoms with Gasteiger partial charge in [-0.2, -0.15) is 4.98 Å². The van der Waals surface area contributed by atoms with Crippen LogP contribution in [0, 0.1) is 6.92 Å². The van der Waals surface area contributed by atoms with Gasteiger partial charge in [-0.3, -0.25) is 4.90 Å². The number of rotatable bonds is 6. The number of halogens is 2. The Morgan fingerprint density at radius 3 is 2.52 bits per heavy atom. The summed E-state index contributed by atoms with van der Waals surface area (Å²) in [5.41, 5.74) is 1.63. The number of aryl methyl sites for hydroxylation is 1. The van der Waals surface area contributed by atoms with E-state index in [9.17, 15) is 0 Å². The van der Waals surface area contributed by atoms with Crippen molar-refractivity contribution in [3.8, 4) is 0 Å². The lowest BCUT2D eigenvalue weighted by atomic mass is 10.3. The first-order chi connectivity index (χ1) is 12.1. The van der Waals surface area contributed by atoms with Crippen LogP contribution in [0.15, 0.2) is 24.3 Å². The van der Waals surface area contributed by atoms with Crippen LogP contribution in [0.5, 0.6) is 0 Å². The lowest BCUT2D eigenvalue weighted by molar-refractivity contribution is 0.0398. The fraction of sp³-hybridized carbons (Fsp3) is 0.412. The van der Waals surface area contributed by atoms with Gasteiger partial charge in [0.15, 0.2) is 0 Å². The zero-order valence-corrected chi connectivity index (χ0v) is 15.6. The number of nitrogens with zero attached hydrogens (tertiary/aromatic N) is 3. The molecule has 0 bridgehead atoms. The molecule has 1 aliphatic rings. The summed E-state index contributed by atoms with van der Waals surface area (Å²) in [6.07, 6.45) is 0. The minimum atomic E-state index is 0.507. The molecule has 0 atom stereocenters. The van der Waals surface area contributed by atoms with Crippen molar-refractivity contribution >= 4 is 40.7 Å². The van der Waals surface area contributed by atoms with Crippen molar-refractivity contribution in [2.24, 2.45) is 0 Å². The van der Waals surface area contributed by atoms with Crippen molar-refractivity contribution in [1.82, 2.24) is 14.9 Å². The first kappa shape index (κ1) is 18.2. The highest BCUT2D eigenvalue weighted by Crippen LogP contribution is 2.24. The highest BCUT2D eigenvalue weighted by Gasteiger charge is 2.10. The first-order valence-corrected chi connectivity index (χ1v) is 8.97. The second-order valence-electron chi connectivity index (χ2n) is 5.88. The van der Waals surface area contributed by atoms with E-state index < -0.39 is 0 Å². The number of nitrogens with one attached hydrogen (secondary N) is 2. The predicted molar refractivity (Wildman–Crippen MR) is 102 cm³/mol. The normalized spacial score (nSPS) is 15.2. The summed E-state index contributed by atoms with van der Waals surface area (Å²) < 4.78 is 5.36. The average molecular weight is 382 g/mol. The number of hydrogen-bond donors (Lipinski definition) is 2. The summed E-state index contributed by atoms with van der Waals surface area (Å²) >= 11 is 12.1. The van der Waals surface area contributed by atoms with E-state index in [0.717, 1.165) is 56.6 Å². The van der Waals surface area contributed by atoms with Gasteiger partial charge in [0.25, 0.3) is 0 Å². The Morgan fingerprint density at radius 2 is 1.80 bits per heavy atom. The highest BCUT2D eigenvalue weighted by molar-refractivity contribution is 6.35. The molecule has 6 nitrogen and oxygen atoms in total. The number of hydrogen-bond acceptors (Lipinski definition) is 6. The van der Waals surface area contributed by atoms with Crippen molar-refractivity contribution in [3.63, 3.8) is 0 Å². The molecule has 0 unspecified atom stereocenters. The molecule has 1 aliphatic heterocycles. The molecule has 2 aromatic rings. The third-order valence-electron chi connectivity index (χ3n) is 3.81. The van der Waals surface area contributed by atoms with E-state index in [4.69, 9.17) is 27.9 Å². The van der Waals surface area contributed by atoms with Gasteiger partial charge in [-0.1, -0.05) is 23.2 Å². The van der Waals surface area contributed by atoms with Crippen LogP contribution in [0.2, 0.25) is 10.0 Å². The molecule has 0 aliphatic carbocycles. The van der Waals surface area contributed by atoms with Crippen LogP contribution in [0.25, 0.3) is 0 Å². The van der Waals surface area contributed by atoms with E-state index >= 15 is 0 Å². The van der Waals surface area contributed by atoms with Gasteiger partial charge in [0, 0.05) is 53.7 Å². The summed E-state index contributed by atoms with van der Waals surface area (Å²) in [6.45, 7) is 7.29. The van der Waals surface area contributed by atoms with Crippen molar-refractivity contribution in [1.29, 1.82) is 0 Å². The topological polar surface area (TPSA) is 62.3 Å². The average Bonchev–Trinajstić information content (AvgIpc) is 2.54. The summed E-state index contributed by atoms with van der Waals surface area (Å²) in [6, 6.07) is 7.18. The van der Waals surface area contributed by atoms with E-state index in [0.29, 0.717) is 16.0 Å². The van der Waals surface area contributed by atoms with Gasteiger partial charge < -0.3 is 15.4 Å². The third kappa shape index (κ3) is 5.71. The molecule has 0 spiro atoms. The molecule has 1 saturated heterocycles. The number of anilines is 3. The standard InChI is InChI=1S/C17H21Cl2N5O/c1-12-8-16(20-2-3-24-4-6-25-7-5-24)23-17(21-12)22-15-10-13(18)9-14(19)11-15/h8-11H,2-7H2,1H3,(H2,20,21,22,23). The SMILES string of the molecule is Cc1cc(NCCN2CCOCC2)nc(Nc2cc(Cl)cc(Cl)c2)n1. The van der Waals surface area contributed by atoms with E-state index in [1.807, 2.05) is 13.0 Å². The molecule has 1 fully saturated rings. The molecule has 8 heteroatoms. The Hall–Kier alpha value is -1.60. The van der Waals surface area contributed by atoms with Crippen LogP contribution in [0.1, 0.15) is 5.69 Å². The van der Waals surface area contributed by atoms with Gasteiger partial charge in [0.1, 0.15) is 5.82 Å². The van der Waals surface area contributed by atoms with Crippen LogP contribution in [0.4, 0.5) is 17.5 Å². The Bertz CT molecular complexity index is 702. The summed E-state index contributed by atoms with van der Waals surface area (Å²) in [4.78, 5) is 11.3. The van der Waals surface area contributed by atoms with Crippen LogP contribution < -0.4 is 10.6 Å². The number of aromatic nitrogens is 2. The molecule has 134 valence electrons. The number of morpholine rings is 1. The minimum Gasteiger partial charge on any atom is -0.379 e. The highest BCUT2D eigenvalue weighted by atomic mass is 35.5. The van der Waals surface area contributed by atoms with Crippen LogP contribution in [0.3, 0.4) is 0 Å². The molecule has 2 heterocycles. The number of benzene rings is 1. The van der Waals surface area contributed by atoms with E-state index in [2.05, 4.69) is 25.5 Å². The van der Waals surface area contributed by atoms with E-state index in [1.54, 1.807) is 18.2 Å². The van der Waals surface area contributed by atoms with Crippen molar-refractivity contribution in [2.75, 3.05) is 50.0 Å². The Labute approximate surface area is 157 Å². The number of ether oxygens (including phenoxy) is 1. The Balaban J connectivity index is 1.61. The maximum absolute atomic E-state index is 6.03. The zero-order valence-electron chi connectivity index (χ0n) is 14.1. The second-order valence-corrected chi connectivity index (χ2v) is 6.75. The van der Waals surface area contributed by atoms with Crippen molar-refractivity contribution < 1.29 is 4.74 Å². The first-order valence-electron chi connectivity index (χ1n) is 8.21. The predicted octanol–water partition coefficient (Wildman–Crippen LogP) is 3.58. The quantitative estimate of drug-likeness (QED) is 0.797. The minimum absolute atomic E-state index is 0.507. The monoisotopic (exact) mass is 381 g/mol. The molecular formula is C17H21Cl2N5O. The second kappa shape index (κ2) is 8.67. The summed E-state index contributed by atoms with van der Waals surface area (Å²) in [5.74, 6) is 1.29. The van der Waals surface area contributed by atoms with Crippen molar-refractivity contribution in [2.45, 2.75) is 6.92 Å². The maximum Gasteiger partial charge on any atom is 0.229 e. The molecular weight excluding hydrogens is 361 g/mol. The Morgan fingerprint density at radius 1 is 1.08 bits per heavy atom. The molecule has 2 N–H and O–H groups in total. The molecule has 0 amide bonds. The zero-order chi connectivity index (χ0) is 17.6. The fourth-order valence-electron chi connectivity index (χ4n) is 2.64.